The van der Waals surface area contributed by atoms with Crippen molar-refractivity contribution in [3.63, 3.8) is 0 Å². The maximum atomic E-state index is 9.47. The number of likely N-dealkylation sites (tertiary alicyclic amines) is 1. The summed E-state index contributed by atoms with van der Waals surface area (Å²) in [5.74, 6) is 1.10. The van der Waals surface area contributed by atoms with Gasteiger partial charge in [0.15, 0.2) is 0 Å². The number of aliphatic imine (C=N–C) groups is 1. The van der Waals surface area contributed by atoms with Crippen LogP contribution in [0.3, 0.4) is 0 Å². The Labute approximate surface area is 137 Å². The smallest absolute Gasteiger partial charge is 0.105 e. The average Bonchev–Trinajstić information content (AvgIpc) is 2.99. The van der Waals surface area contributed by atoms with Gasteiger partial charge in [-0.15, -0.1) is 0 Å². The Morgan fingerprint density at radius 2 is 1.83 bits per heavy atom. The lowest BCUT2D eigenvalue weighted by Crippen LogP contribution is -2.24. The molecule has 3 heteroatoms. The van der Waals surface area contributed by atoms with Crippen molar-refractivity contribution in [1.29, 1.82) is 5.26 Å². The summed E-state index contributed by atoms with van der Waals surface area (Å²) in [4.78, 5) is 7.22. The number of aryl methyl sites for hydroxylation is 2. The van der Waals surface area contributed by atoms with Crippen LogP contribution in [0.5, 0.6) is 0 Å². The number of hydrogen-bond acceptors (Lipinski definition) is 2. The molecule has 0 N–H and O–H groups in total. The zero-order valence-electron chi connectivity index (χ0n) is 13.7. The molecule has 1 aliphatic heterocycles. The summed E-state index contributed by atoms with van der Waals surface area (Å²) in [7, 11) is 0. The monoisotopic (exact) mass is 303 g/mol. The first kappa shape index (κ1) is 15.3. The predicted octanol–water partition coefficient (Wildman–Crippen LogP) is 4.50. The fourth-order valence-electron chi connectivity index (χ4n) is 3.03. The normalized spacial score (nSPS) is 15.9. The van der Waals surface area contributed by atoms with Gasteiger partial charge >= 0.3 is 0 Å². The first-order valence-corrected chi connectivity index (χ1v) is 8.06. The molecule has 1 aliphatic rings. The summed E-state index contributed by atoms with van der Waals surface area (Å²) in [5.41, 5.74) is 4.88. The Bertz CT molecular complexity index is 769. The van der Waals surface area contributed by atoms with Gasteiger partial charge in [0.25, 0.3) is 0 Å². The minimum Gasteiger partial charge on any atom is -0.356 e. The molecule has 0 radical (unpaired) electrons. The molecule has 0 spiro atoms. The number of benzene rings is 2. The van der Waals surface area contributed by atoms with Crippen molar-refractivity contribution in [2.75, 3.05) is 6.54 Å². The zero-order chi connectivity index (χ0) is 16.2. The lowest BCUT2D eigenvalue weighted by atomic mass is 10.0. The van der Waals surface area contributed by atoms with Gasteiger partial charge in [-0.05, 0) is 37.0 Å². The van der Waals surface area contributed by atoms with Gasteiger partial charge in [0, 0.05) is 19.5 Å². The SMILES string of the molecule is Cc1ccc(C)c(N=C2CCCN2Cc2ccccc2)c1C#N. The van der Waals surface area contributed by atoms with Crippen molar-refractivity contribution in [2.24, 2.45) is 4.99 Å². The highest BCUT2D eigenvalue weighted by Gasteiger charge is 2.20. The molecule has 0 unspecified atom stereocenters. The Morgan fingerprint density at radius 1 is 1.09 bits per heavy atom. The van der Waals surface area contributed by atoms with Crippen molar-refractivity contribution in [3.05, 3.63) is 64.7 Å². The standard InChI is InChI=1S/C20H21N3/c1-15-10-11-16(2)20(18(15)13-21)22-19-9-6-12-23(19)14-17-7-4-3-5-8-17/h3-5,7-8,10-11H,6,9,12,14H2,1-2H3. The minimum absolute atomic E-state index is 0.698. The second kappa shape index (κ2) is 6.66. The van der Waals surface area contributed by atoms with Crippen LogP contribution in [-0.4, -0.2) is 17.3 Å². The van der Waals surface area contributed by atoms with Crippen LogP contribution in [0.1, 0.15) is 35.1 Å². The molecule has 116 valence electrons. The minimum atomic E-state index is 0.698. The molecular formula is C20H21N3. The van der Waals surface area contributed by atoms with Crippen LogP contribution in [0.25, 0.3) is 0 Å². The highest BCUT2D eigenvalue weighted by Crippen LogP contribution is 2.29. The topological polar surface area (TPSA) is 39.4 Å². The Morgan fingerprint density at radius 3 is 2.57 bits per heavy atom. The van der Waals surface area contributed by atoms with Crippen LogP contribution >= 0.6 is 0 Å². The largest absolute Gasteiger partial charge is 0.356 e. The Hall–Kier alpha value is -2.60. The van der Waals surface area contributed by atoms with Gasteiger partial charge in [0.2, 0.25) is 0 Å². The van der Waals surface area contributed by atoms with Gasteiger partial charge in [-0.1, -0.05) is 42.5 Å². The van der Waals surface area contributed by atoms with Gasteiger partial charge in [0.1, 0.15) is 11.9 Å². The molecule has 2 aromatic carbocycles. The van der Waals surface area contributed by atoms with Gasteiger partial charge in [-0.3, -0.25) is 0 Å². The molecule has 0 atom stereocenters. The van der Waals surface area contributed by atoms with Gasteiger partial charge in [0.05, 0.1) is 11.3 Å². The molecular weight excluding hydrogens is 282 g/mol. The van der Waals surface area contributed by atoms with Gasteiger partial charge in [-0.2, -0.15) is 5.26 Å². The Kier molecular flexibility index (Phi) is 4.43. The quantitative estimate of drug-likeness (QED) is 0.837. The molecule has 2 aromatic rings. The van der Waals surface area contributed by atoms with E-state index in [1.807, 2.05) is 32.0 Å². The van der Waals surface area contributed by atoms with Crippen LogP contribution in [-0.2, 0) is 6.54 Å². The van der Waals surface area contributed by atoms with Crippen LogP contribution in [0.2, 0.25) is 0 Å². The van der Waals surface area contributed by atoms with Crippen LogP contribution < -0.4 is 0 Å². The number of rotatable bonds is 3. The van der Waals surface area contributed by atoms with E-state index in [1.54, 1.807) is 0 Å². The van der Waals surface area contributed by atoms with E-state index in [-0.39, 0.29) is 0 Å². The second-order valence-corrected chi connectivity index (χ2v) is 6.07. The molecule has 0 aromatic heterocycles. The van der Waals surface area contributed by atoms with Crippen molar-refractivity contribution in [2.45, 2.75) is 33.2 Å². The summed E-state index contributed by atoms with van der Waals surface area (Å²) in [5, 5.41) is 9.47. The molecule has 0 saturated carbocycles. The maximum absolute atomic E-state index is 9.47. The third kappa shape index (κ3) is 3.27. The van der Waals surface area contributed by atoms with Crippen molar-refractivity contribution < 1.29 is 0 Å². The van der Waals surface area contributed by atoms with E-state index < -0.39 is 0 Å². The maximum Gasteiger partial charge on any atom is 0.105 e. The van der Waals surface area contributed by atoms with Gasteiger partial charge < -0.3 is 4.90 Å². The van der Waals surface area contributed by atoms with Crippen LogP contribution in [0, 0.1) is 25.2 Å². The molecule has 1 heterocycles. The summed E-state index contributed by atoms with van der Waals surface area (Å²) in [6, 6.07) is 16.8. The Balaban J connectivity index is 1.93. The number of nitriles is 1. The van der Waals surface area contributed by atoms with Crippen LogP contribution in [0.15, 0.2) is 47.5 Å². The summed E-state index contributed by atoms with van der Waals surface area (Å²) < 4.78 is 0. The summed E-state index contributed by atoms with van der Waals surface area (Å²) in [6.45, 7) is 5.90. The predicted molar refractivity (Wildman–Crippen MR) is 93.8 cm³/mol. The van der Waals surface area contributed by atoms with E-state index in [0.29, 0.717) is 5.56 Å². The molecule has 1 saturated heterocycles. The number of hydrogen-bond donors (Lipinski definition) is 0. The van der Waals surface area contributed by atoms with E-state index in [9.17, 15) is 5.26 Å². The van der Waals surface area contributed by atoms with Crippen molar-refractivity contribution >= 4 is 11.5 Å². The lowest BCUT2D eigenvalue weighted by Gasteiger charge is -2.19. The molecule has 0 aliphatic carbocycles. The molecule has 3 nitrogen and oxygen atoms in total. The third-order valence-corrected chi connectivity index (χ3v) is 4.35. The molecule has 23 heavy (non-hydrogen) atoms. The lowest BCUT2D eigenvalue weighted by molar-refractivity contribution is 0.448. The highest BCUT2D eigenvalue weighted by molar-refractivity contribution is 5.87. The summed E-state index contributed by atoms with van der Waals surface area (Å²) >= 11 is 0. The van der Waals surface area contributed by atoms with Crippen LogP contribution in [0.4, 0.5) is 5.69 Å². The molecule has 1 fully saturated rings. The van der Waals surface area contributed by atoms with E-state index in [1.165, 1.54) is 5.56 Å². The van der Waals surface area contributed by atoms with Gasteiger partial charge in [-0.25, -0.2) is 4.99 Å². The molecule has 0 amide bonds. The first-order valence-electron chi connectivity index (χ1n) is 8.06. The van der Waals surface area contributed by atoms with E-state index >= 15 is 0 Å². The van der Waals surface area contributed by atoms with Crippen molar-refractivity contribution in [1.82, 2.24) is 4.90 Å². The van der Waals surface area contributed by atoms with E-state index in [2.05, 4.69) is 35.2 Å². The number of nitrogens with zero attached hydrogens (tertiary/aromatic N) is 3. The fourth-order valence-corrected chi connectivity index (χ4v) is 3.03. The first-order chi connectivity index (χ1) is 11.2. The zero-order valence-corrected chi connectivity index (χ0v) is 13.7. The highest BCUT2D eigenvalue weighted by atomic mass is 15.2. The molecule has 0 bridgehead atoms. The van der Waals surface area contributed by atoms with E-state index in [4.69, 9.17) is 4.99 Å². The fraction of sp³-hybridized carbons (Fsp3) is 0.300. The summed E-state index contributed by atoms with van der Waals surface area (Å²) in [6.07, 6.45) is 2.10. The molecule has 3 rings (SSSR count). The number of amidine groups is 1. The van der Waals surface area contributed by atoms with Crippen molar-refractivity contribution in [3.8, 4) is 6.07 Å². The third-order valence-electron chi connectivity index (χ3n) is 4.35. The second-order valence-electron chi connectivity index (χ2n) is 6.07. The average molecular weight is 303 g/mol. The van der Waals surface area contributed by atoms with E-state index in [0.717, 1.165) is 48.6 Å².